The molecule has 0 aliphatic rings. The van der Waals surface area contributed by atoms with E-state index in [2.05, 4.69) is 20.8 Å². The number of aliphatic imine (C=N–C) groups is 1. The molecule has 0 bridgehead atoms. The van der Waals surface area contributed by atoms with Crippen LogP contribution in [0.5, 0.6) is 0 Å². The first-order chi connectivity index (χ1) is 9.13. The van der Waals surface area contributed by atoms with Crippen molar-refractivity contribution in [2.24, 2.45) is 4.99 Å². The zero-order valence-electron chi connectivity index (χ0n) is 11.3. The third kappa shape index (κ3) is 4.46. The Morgan fingerprint density at radius 3 is 2.95 bits per heavy atom. The van der Waals surface area contributed by atoms with Gasteiger partial charge >= 0.3 is 0 Å². The lowest BCUT2D eigenvalue weighted by molar-refractivity contribution is 0.0710. The maximum Gasteiger partial charge on any atom is 0.154 e. The number of hydrogen-bond donors (Lipinski definition) is 1. The number of hydrogen-bond acceptors (Lipinski definition) is 4. The molecule has 2 rings (SSSR count). The predicted octanol–water partition coefficient (Wildman–Crippen LogP) is 3.53. The number of hydroxylamine groups is 1. The van der Waals surface area contributed by atoms with Crippen molar-refractivity contribution in [3.05, 3.63) is 45.8 Å². The molecule has 4 nitrogen and oxygen atoms in total. The molecule has 19 heavy (non-hydrogen) atoms. The van der Waals surface area contributed by atoms with E-state index >= 15 is 0 Å². The highest BCUT2D eigenvalue weighted by Gasteiger charge is 1.98. The molecule has 0 amide bonds. The number of rotatable bonds is 4. The van der Waals surface area contributed by atoms with Crippen molar-refractivity contribution in [2.45, 2.75) is 27.4 Å². The Morgan fingerprint density at radius 1 is 1.42 bits per heavy atom. The third-order valence-electron chi connectivity index (χ3n) is 2.41. The highest BCUT2D eigenvalue weighted by molar-refractivity contribution is 7.07. The van der Waals surface area contributed by atoms with Gasteiger partial charge in [-0.3, -0.25) is 10.3 Å². The maximum absolute atomic E-state index is 5.37. The fourth-order valence-corrected chi connectivity index (χ4v) is 2.32. The molecule has 100 valence electrons. The average Bonchev–Trinajstić information content (AvgIpc) is 2.80. The summed E-state index contributed by atoms with van der Waals surface area (Å²) in [4.78, 5) is 14.1. The van der Waals surface area contributed by atoms with Crippen LogP contribution in [0, 0.1) is 13.8 Å². The summed E-state index contributed by atoms with van der Waals surface area (Å²) in [6.45, 7) is 6.37. The van der Waals surface area contributed by atoms with E-state index in [1.807, 2.05) is 44.4 Å². The number of amidine groups is 1. The van der Waals surface area contributed by atoms with E-state index in [1.165, 1.54) is 0 Å². The molecule has 0 radical (unpaired) electrons. The number of thiophene rings is 1. The number of aromatic nitrogens is 1. The Bertz CT molecular complexity index is 544. The number of aryl methyl sites for hydroxylation is 2. The summed E-state index contributed by atoms with van der Waals surface area (Å²) < 4.78 is 0. The minimum absolute atomic E-state index is 0.524. The average molecular weight is 275 g/mol. The highest BCUT2D eigenvalue weighted by atomic mass is 32.1. The number of nitrogens with zero attached hydrogens (tertiary/aromatic N) is 2. The van der Waals surface area contributed by atoms with E-state index in [0.717, 1.165) is 16.8 Å². The van der Waals surface area contributed by atoms with Crippen LogP contribution in [0.15, 0.2) is 34.0 Å². The molecule has 0 spiro atoms. The molecule has 0 fully saturated rings. The van der Waals surface area contributed by atoms with Gasteiger partial charge in [-0.05, 0) is 60.9 Å². The number of nitrogens with one attached hydrogen (secondary N) is 1. The quantitative estimate of drug-likeness (QED) is 0.527. The van der Waals surface area contributed by atoms with E-state index < -0.39 is 0 Å². The molecule has 5 heteroatoms. The molecule has 0 atom stereocenters. The van der Waals surface area contributed by atoms with Gasteiger partial charge in [0.1, 0.15) is 12.4 Å². The second-order valence-electron chi connectivity index (χ2n) is 4.36. The van der Waals surface area contributed by atoms with Crippen molar-refractivity contribution in [3.8, 4) is 0 Å². The topological polar surface area (TPSA) is 46.5 Å². The summed E-state index contributed by atoms with van der Waals surface area (Å²) in [5.74, 6) is 1.38. The van der Waals surface area contributed by atoms with E-state index in [4.69, 9.17) is 4.84 Å². The fraction of sp³-hybridized carbons (Fsp3) is 0.286. The summed E-state index contributed by atoms with van der Waals surface area (Å²) >= 11 is 1.66. The Kier molecular flexibility index (Phi) is 4.65. The van der Waals surface area contributed by atoms with Crippen LogP contribution < -0.4 is 5.48 Å². The standard InChI is InChI=1S/C14H17N3OS/c1-10-6-11(2)15-14(7-10)16-12(3)17-18-8-13-4-5-19-9-13/h4-7,9H,8H2,1-3H3,(H,15,16,17). The predicted molar refractivity (Wildman–Crippen MR) is 78.7 cm³/mol. The molecule has 0 saturated heterocycles. The molecular formula is C14H17N3OS. The Hall–Kier alpha value is -1.72. The van der Waals surface area contributed by atoms with Crippen LogP contribution in [-0.2, 0) is 11.4 Å². The first kappa shape index (κ1) is 13.7. The van der Waals surface area contributed by atoms with Crippen molar-refractivity contribution in [1.82, 2.24) is 10.5 Å². The summed E-state index contributed by atoms with van der Waals surface area (Å²) in [5, 5.41) is 4.08. The van der Waals surface area contributed by atoms with Crippen LogP contribution >= 0.6 is 11.3 Å². The van der Waals surface area contributed by atoms with E-state index in [1.54, 1.807) is 11.3 Å². The lowest BCUT2D eigenvalue weighted by Gasteiger charge is -2.06. The summed E-state index contributed by atoms with van der Waals surface area (Å²) in [7, 11) is 0. The summed E-state index contributed by atoms with van der Waals surface area (Å²) in [6, 6.07) is 6.00. The molecule has 1 N–H and O–H groups in total. The van der Waals surface area contributed by atoms with E-state index in [-0.39, 0.29) is 0 Å². The Morgan fingerprint density at radius 2 is 2.26 bits per heavy atom. The van der Waals surface area contributed by atoms with Gasteiger partial charge in [-0.15, -0.1) is 0 Å². The monoisotopic (exact) mass is 275 g/mol. The minimum atomic E-state index is 0.524. The number of pyridine rings is 1. The molecule has 0 aromatic carbocycles. The Balaban J connectivity index is 1.91. The van der Waals surface area contributed by atoms with Crippen molar-refractivity contribution in [3.63, 3.8) is 0 Å². The zero-order valence-corrected chi connectivity index (χ0v) is 12.1. The first-order valence-corrected chi connectivity index (χ1v) is 6.97. The third-order valence-corrected chi connectivity index (χ3v) is 3.14. The van der Waals surface area contributed by atoms with Crippen molar-refractivity contribution >= 4 is 23.0 Å². The van der Waals surface area contributed by atoms with Crippen LogP contribution in [0.1, 0.15) is 23.7 Å². The van der Waals surface area contributed by atoms with Crippen LogP contribution in [-0.4, -0.2) is 10.8 Å². The summed E-state index contributed by atoms with van der Waals surface area (Å²) in [6.07, 6.45) is 0. The van der Waals surface area contributed by atoms with Gasteiger partial charge in [0.25, 0.3) is 0 Å². The first-order valence-electron chi connectivity index (χ1n) is 6.03. The molecule has 0 saturated carbocycles. The zero-order chi connectivity index (χ0) is 13.7. The van der Waals surface area contributed by atoms with Gasteiger partial charge in [-0.1, -0.05) is 0 Å². The van der Waals surface area contributed by atoms with E-state index in [0.29, 0.717) is 18.3 Å². The van der Waals surface area contributed by atoms with Crippen LogP contribution in [0.4, 0.5) is 5.82 Å². The van der Waals surface area contributed by atoms with Crippen LogP contribution in [0.25, 0.3) is 0 Å². The lowest BCUT2D eigenvalue weighted by atomic mass is 10.2. The highest BCUT2D eigenvalue weighted by Crippen LogP contribution is 2.12. The molecule has 2 aromatic rings. The van der Waals surface area contributed by atoms with Gasteiger partial charge in [0.05, 0.1) is 0 Å². The second kappa shape index (κ2) is 6.45. The minimum Gasteiger partial charge on any atom is -0.270 e. The van der Waals surface area contributed by atoms with Crippen LogP contribution in [0.2, 0.25) is 0 Å². The maximum atomic E-state index is 5.37. The van der Waals surface area contributed by atoms with Crippen molar-refractivity contribution in [2.75, 3.05) is 0 Å². The Labute approximate surface area is 117 Å². The fourth-order valence-electron chi connectivity index (χ4n) is 1.67. The van der Waals surface area contributed by atoms with Crippen molar-refractivity contribution < 1.29 is 4.84 Å². The molecule has 0 aliphatic heterocycles. The van der Waals surface area contributed by atoms with Gasteiger partial charge in [-0.2, -0.15) is 11.3 Å². The summed E-state index contributed by atoms with van der Waals surface area (Å²) in [5.41, 5.74) is 6.09. The smallest absolute Gasteiger partial charge is 0.154 e. The molecular weight excluding hydrogens is 258 g/mol. The van der Waals surface area contributed by atoms with Gasteiger partial charge < -0.3 is 0 Å². The second-order valence-corrected chi connectivity index (χ2v) is 5.14. The normalized spacial score (nSPS) is 11.6. The van der Waals surface area contributed by atoms with E-state index in [9.17, 15) is 0 Å². The van der Waals surface area contributed by atoms with Gasteiger partial charge in [0.2, 0.25) is 0 Å². The molecule has 0 unspecified atom stereocenters. The lowest BCUT2D eigenvalue weighted by Crippen LogP contribution is -2.20. The van der Waals surface area contributed by atoms with Gasteiger partial charge in [0.15, 0.2) is 5.82 Å². The molecule has 0 aliphatic carbocycles. The van der Waals surface area contributed by atoms with Crippen molar-refractivity contribution in [1.29, 1.82) is 0 Å². The SMILES string of the molecule is C/C(=N\c1cc(C)cc(C)n1)NOCc1ccsc1. The van der Waals surface area contributed by atoms with Gasteiger partial charge in [-0.25, -0.2) is 9.98 Å². The van der Waals surface area contributed by atoms with Crippen LogP contribution in [0.3, 0.4) is 0 Å². The van der Waals surface area contributed by atoms with Gasteiger partial charge in [0, 0.05) is 5.69 Å². The molecule has 2 heterocycles. The molecule has 2 aromatic heterocycles. The largest absolute Gasteiger partial charge is 0.270 e.